The molecule has 180 valence electrons. The molecule has 0 aliphatic carbocycles. The number of thiophene rings is 1. The minimum atomic E-state index is -1.24. The lowest BCUT2D eigenvalue weighted by Gasteiger charge is -2.32. The Morgan fingerprint density at radius 3 is 2.49 bits per heavy atom. The van der Waals surface area contributed by atoms with Gasteiger partial charge in [0, 0.05) is 23.4 Å². The summed E-state index contributed by atoms with van der Waals surface area (Å²) in [5.41, 5.74) is 6.58. The third kappa shape index (κ3) is 6.14. The molecule has 2 atom stereocenters. The molecule has 0 bridgehead atoms. The average molecular weight is 511 g/mol. The number of hydrogen-bond acceptors (Lipinski definition) is 6. The van der Waals surface area contributed by atoms with E-state index in [1.807, 2.05) is 47.8 Å². The van der Waals surface area contributed by atoms with Gasteiger partial charge in [-0.3, -0.25) is 14.4 Å². The maximum Gasteiger partial charge on any atom is 0.262 e. The van der Waals surface area contributed by atoms with Crippen LogP contribution in [0.4, 0.5) is 4.39 Å². The minimum absolute atomic E-state index is 0.0733. The summed E-state index contributed by atoms with van der Waals surface area (Å²) in [5.74, 6) is -2.09. The van der Waals surface area contributed by atoms with Crippen LogP contribution in [0.15, 0.2) is 77.1 Å². The second kappa shape index (κ2) is 11.3. The molecule has 0 saturated carbocycles. The Kier molecular flexibility index (Phi) is 7.94. The third-order valence-electron chi connectivity index (χ3n) is 5.41. The van der Waals surface area contributed by atoms with E-state index in [0.717, 1.165) is 22.2 Å². The fraction of sp³-hybridized carbons (Fsp3) is 0.200. The van der Waals surface area contributed by atoms with Crippen LogP contribution >= 0.6 is 23.1 Å². The molecule has 1 aromatic heterocycles. The van der Waals surface area contributed by atoms with Gasteiger partial charge in [0.05, 0.1) is 6.54 Å². The van der Waals surface area contributed by atoms with E-state index in [1.54, 1.807) is 6.07 Å². The van der Waals surface area contributed by atoms with Gasteiger partial charge in [-0.05, 0) is 23.1 Å². The highest BCUT2D eigenvalue weighted by Gasteiger charge is 2.37. The molecule has 4 rings (SSSR count). The van der Waals surface area contributed by atoms with E-state index < -0.39 is 34.8 Å². The van der Waals surface area contributed by atoms with Crippen molar-refractivity contribution < 1.29 is 18.8 Å². The molecule has 0 spiro atoms. The van der Waals surface area contributed by atoms with Crippen molar-refractivity contribution in [2.75, 3.05) is 0 Å². The number of nitrogens with zero attached hydrogens (tertiary/aromatic N) is 2. The van der Waals surface area contributed by atoms with Gasteiger partial charge in [-0.25, -0.2) is 4.39 Å². The van der Waals surface area contributed by atoms with E-state index >= 15 is 0 Å². The lowest BCUT2D eigenvalue weighted by Crippen LogP contribution is -2.44. The molecule has 2 unspecified atom stereocenters. The Labute approximate surface area is 210 Å². The number of amides is 3. The van der Waals surface area contributed by atoms with Crippen LogP contribution in [0.1, 0.15) is 28.5 Å². The van der Waals surface area contributed by atoms with E-state index in [1.165, 1.54) is 34.4 Å². The molecule has 1 aliphatic rings. The molecule has 3 amide bonds. The van der Waals surface area contributed by atoms with Gasteiger partial charge in [-0.15, -0.1) is 11.3 Å². The quantitative estimate of drug-likeness (QED) is 0.458. The molecule has 7 nitrogen and oxygen atoms in total. The van der Waals surface area contributed by atoms with Crippen LogP contribution in [-0.2, 0) is 27.5 Å². The zero-order valence-electron chi connectivity index (χ0n) is 18.6. The topological polar surface area (TPSA) is 105 Å². The van der Waals surface area contributed by atoms with E-state index in [2.05, 4.69) is 10.3 Å². The normalized spacial score (nSPS) is 16.0. The van der Waals surface area contributed by atoms with Crippen molar-refractivity contribution in [3.63, 3.8) is 0 Å². The first-order valence-electron chi connectivity index (χ1n) is 10.8. The van der Waals surface area contributed by atoms with Gasteiger partial charge in [0.1, 0.15) is 17.1 Å². The number of nitrogens with two attached hydrogens (primary N) is 1. The highest BCUT2D eigenvalue weighted by Crippen LogP contribution is 2.30. The summed E-state index contributed by atoms with van der Waals surface area (Å²) in [5, 5.41) is 4.02. The van der Waals surface area contributed by atoms with Crippen molar-refractivity contribution in [1.82, 2.24) is 10.2 Å². The van der Waals surface area contributed by atoms with Crippen molar-refractivity contribution in [3.8, 4) is 0 Å². The Bertz CT molecular complexity index is 1230. The van der Waals surface area contributed by atoms with Crippen molar-refractivity contribution in [3.05, 3.63) is 93.9 Å². The summed E-state index contributed by atoms with van der Waals surface area (Å²) in [6.07, 6.45) is -0.212. The summed E-state index contributed by atoms with van der Waals surface area (Å²) in [4.78, 5) is 45.0. The lowest BCUT2D eigenvalue weighted by molar-refractivity contribution is -0.142. The molecular weight excluding hydrogens is 487 g/mol. The minimum Gasteiger partial charge on any atom is -0.378 e. The lowest BCUT2D eigenvalue weighted by atomic mass is 10.0. The summed E-state index contributed by atoms with van der Waals surface area (Å²) >= 11 is 2.43. The number of carbonyl (C=O) groups excluding carboxylic acids is 3. The number of benzene rings is 2. The number of amidine groups is 1. The molecule has 3 N–H and O–H groups in total. The van der Waals surface area contributed by atoms with E-state index in [-0.39, 0.29) is 30.2 Å². The predicted molar refractivity (Wildman–Crippen MR) is 135 cm³/mol. The Balaban J connectivity index is 1.66. The number of carbonyl (C=O) groups is 3. The Hall–Kier alpha value is -3.50. The highest BCUT2D eigenvalue weighted by molar-refractivity contribution is 8.15. The SMILES string of the molecule is NC1=NC(=O)C(CC(=O)N(Cc2cccs2)C(C(=O)NCc2ccccc2)c2ccccc2F)S1. The molecule has 10 heteroatoms. The Morgan fingerprint density at radius 2 is 1.83 bits per heavy atom. The molecule has 2 aromatic carbocycles. The second-order valence-electron chi connectivity index (χ2n) is 7.83. The monoisotopic (exact) mass is 510 g/mol. The number of nitrogens with one attached hydrogen (secondary N) is 1. The van der Waals surface area contributed by atoms with Crippen LogP contribution in [0.25, 0.3) is 0 Å². The molecule has 3 aromatic rings. The van der Waals surface area contributed by atoms with E-state index in [4.69, 9.17) is 5.73 Å². The van der Waals surface area contributed by atoms with Gasteiger partial charge in [-0.2, -0.15) is 4.99 Å². The van der Waals surface area contributed by atoms with Crippen LogP contribution < -0.4 is 11.1 Å². The average Bonchev–Trinajstić information content (AvgIpc) is 3.47. The molecule has 0 fully saturated rings. The van der Waals surface area contributed by atoms with Crippen LogP contribution in [0.3, 0.4) is 0 Å². The number of thioether (sulfide) groups is 1. The maximum atomic E-state index is 15.0. The van der Waals surface area contributed by atoms with Crippen LogP contribution in [0.2, 0.25) is 0 Å². The van der Waals surface area contributed by atoms with E-state index in [0.29, 0.717) is 0 Å². The van der Waals surface area contributed by atoms with Crippen molar-refractivity contribution in [1.29, 1.82) is 0 Å². The fourth-order valence-corrected chi connectivity index (χ4v) is 5.25. The first kappa shape index (κ1) is 24.6. The molecule has 0 radical (unpaired) electrons. The van der Waals surface area contributed by atoms with Crippen molar-refractivity contribution in [2.45, 2.75) is 30.8 Å². The van der Waals surface area contributed by atoms with Gasteiger partial charge < -0.3 is 16.0 Å². The van der Waals surface area contributed by atoms with Crippen LogP contribution in [-0.4, -0.2) is 33.0 Å². The van der Waals surface area contributed by atoms with Crippen molar-refractivity contribution in [2.24, 2.45) is 10.7 Å². The summed E-state index contributed by atoms with van der Waals surface area (Å²) in [6.45, 7) is 0.295. The van der Waals surface area contributed by atoms with E-state index in [9.17, 15) is 18.8 Å². The number of hydrogen-bond donors (Lipinski definition) is 2. The molecule has 1 aliphatic heterocycles. The second-order valence-corrected chi connectivity index (χ2v) is 10.1. The molecule has 35 heavy (non-hydrogen) atoms. The van der Waals surface area contributed by atoms with Gasteiger partial charge >= 0.3 is 0 Å². The highest BCUT2D eigenvalue weighted by atomic mass is 32.2. The standard InChI is InChI=1S/C25H23FN4O3S2/c26-19-11-5-4-10-18(19)22(24(33)28-14-16-7-2-1-3-8-16)30(15-17-9-6-12-34-17)21(31)13-20-23(32)29-25(27)35-20/h1-12,20,22H,13-15H2,(H,28,33)(H2,27,29,32). The van der Waals surface area contributed by atoms with Crippen LogP contribution in [0.5, 0.6) is 0 Å². The summed E-state index contributed by atoms with van der Waals surface area (Å²) < 4.78 is 15.0. The molecular formula is C25H23FN4O3S2. The Morgan fingerprint density at radius 1 is 1.09 bits per heavy atom. The molecule has 0 saturated heterocycles. The zero-order valence-corrected chi connectivity index (χ0v) is 20.2. The van der Waals surface area contributed by atoms with Gasteiger partial charge in [-0.1, -0.05) is 66.4 Å². The fourth-order valence-electron chi connectivity index (χ4n) is 3.73. The largest absolute Gasteiger partial charge is 0.378 e. The number of aliphatic imine (C=N–C) groups is 1. The smallest absolute Gasteiger partial charge is 0.262 e. The summed E-state index contributed by atoms with van der Waals surface area (Å²) in [6, 6.07) is 17.6. The predicted octanol–water partition coefficient (Wildman–Crippen LogP) is 3.62. The first-order valence-corrected chi connectivity index (χ1v) is 12.6. The number of halogens is 1. The van der Waals surface area contributed by atoms with Crippen molar-refractivity contribution >= 4 is 46.0 Å². The van der Waals surface area contributed by atoms with Crippen LogP contribution in [0, 0.1) is 5.82 Å². The third-order valence-corrected chi connectivity index (χ3v) is 7.26. The molecule has 2 heterocycles. The van der Waals surface area contributed by atoms with Gasteiger partial charge in [0.25, 0.3) is 5.91 Å². The zero-order chi connectivity index (χ0) is 24.8. The summed E-state index contributed by atoms with van der Waals surface area (Å²) in [7, 11) is 0. The maximum absolute atomic E-state index is 15.0. The van der Waals surface area contributed by atoms with Gasteiger partial charge in [0.2, 0.25) is 11.8 Å². The number of rotatable bonds is 9. The van der Waals surface area contributed by atoms with Gasteiger partial charge in [0.15, 0.2) is 5.17 Å². The first-order chi connectivity index (χ1) is 16.9.